The van der Waals surface area contributed by atoms with Gasteiger partial charge in [-0.05, 0) is 60.3 Å². The number of nitrogens with one attached hydrogen (secondary N) is 1. The smallest absolute Gasteiger partial charge is 0.353 e. The van der Waals surface area contributed by atoms with Gasteiger partial charge in [0.2, 0.25) is 0 Å². The van der Waals surface area contributed by atoms with Gasteiger partial charge >= 0.3 is 5.97 Å². The van der Waals surface area contributed by atoms with Crippen molar-refractivity contribution < 1.29 is 14.3 Å². The minimum atomic E-state index is -0.383. The van der Waals surface area contributed by atoms with Crippen LogP contribution in [0.5, 0.6) is 5.75 Å². The van der Waals surface area contributed by atoms with Crippen LogP contribution in [0.4, 0.5) is 0 Å². The van der Waals surface area contributed by atoms with E-state index in [1.165, 1.54) is 17.6 Å². The zero-order valence-electron chi connectivity index (χ0n) is 14.0. The average molecular weight is 364 g/mol. The van der Waals surface area contributed by atoms with E-state index in [1.54, 1.807) is 48.5 Å². The Kier molecular flexibility index (Phi) is 5.56. The highest BCUT2D eigenvalue weighted by Crippen LogP contribution is 2.16. The van der Waals surface area contributed by atoms with E-state index < -0.39 is 0 Å². The molecular formula is C20H16N2O3S. The summed E-state index contributed by atoms with van der Waals surface area (Å²) in [7, 11) is 0. The first-order valence-corrected chi connectivity index (χ1v) is 8.75. The molecule has 26 heavy (non-hydrogen) atoms. The molecule has 0 unspecified atom stereocenters. The molecule has 0 saturated carbocycles. The Bertz CT molecular complexity index is 932. The van der Waals surface area contributed by atoms with Crippen LogP contribution in [0.2, 0.25) is 0 Å². The number of amides is 1. The van der Waals surface area contributed by atoms with Crippen LogP contribution in [0, 0.1) is 6.92 Å². The summed E-state index contributed by atoms with van der Waals surface area (Å²) in [5, 5.41) is 5.77. The Morgan fingerprint density at radius 2 is 1.88 bits per heavy atom. The third-order valence-electron chi connectivity index (χ3n) is 3.47. The first-order chi connectivity index (χ1) is 12.6. The number of carbonyl (C=O) groups excluding carboxylic acids is 2. The molecule has 0 fully saturated rings. The van der Waals surface area contributed by atoms with Crippen LogP contribution in [-0.4, -0.2) is 18.1 Å². The Morgan fingerprint density at radius 3 is 2.58 bits per heavy atom. The number of benzene rings is 2. The van der Waals surface area contributed by atoms with Gasteiger partial charge in [0.15, 0.2) is 0 Å². The summed E-state index contributed by atoms with van der Waals surface area (Å²) in [5.74, 6) is -0.206. The summed E-state index contributed by atoms with van der Waals surface area (Å²) in [4.78, 5) is 24.4. The Morgan fingerprint density at radius 1 is 1.08 bits per heavy atom. The van der Waals surface area contributed by atoms with Crippen molar-refractivity contribution in [3.8, 4) is 5.75 Å². The van der Waals surface area contributed by atoms with E-state index in [1.807, 2.05) is 24.4 Å². The van der Waals surface area contributed by atoms with Gasteiger partial charge in [-0.25, -0.2) is 10.2 Å². The SMILES string of the molecule is Cc1cccc(C(=O)NN=Cc2ccc(OC(=O)c3cccs3)cc2)c1. The Hall–Kier alpha value is -3.25. The summed E-state index contributed by atoms with van der Waals surface area (Å²) in [5.41, 5.74) is 4.82. The fourth-order valence-corrected chi connectivity index (χ4v) is 2.79. The predicted molar refractivity (Wildman–Crippen MR) is 102 cm³/mol. The average Bonchev–Trinajstić information content (AvgIpc) is 3.18. The number of hydrogen-bond acceptors (Lipinski definition) is 5. The van der Waals surface area contributed by atoms with Crippen molar-refractivity contribution in [1.29, 1.82) is 0 Å². The molecule has 0 spiro atoms. The van der Waals surface area contributed by atoms with E-state index in [2.05, 4.69) is 10.5 Å². The fourth-order valence-electron chi connectivity index (χ4n) is 2.19. The second-order valence-corrected chi connectivity index (χ2v) is 6.45. The van der Waals surface area contributed by atoms with Gasteiger partial charge in [-0.1, -0.05) is 23.8 Å². The van der Waals surface area contributed by atoms with Crippen molar-refractivity contribution in [2.24, 2.45) is 5.10 Å². The molecule has 1 N–H and O–H groups in total. The van der Waals surface area contributed by atoms with Crippen molar-refractivity contribution >= 4 is 29.4 Å². The number of carbonyl (C=O) groups is 2. The highest BCUT2D eigenvalue weighted by molar-refractivity contribution is 7.12. The molecule has 0 saturated heterocycles. The zero-order valence-corrected chi connectivity index (χ0v) is 14.8. The van der Waals surface area contributed by atoms with E-state index in [9.17, 15) is 9.59 Å². The maximum absolute atomic E-state index is 12.0. The van der Waals surface area contributed by atoms with Crippen LogP contribution in [0.25, 0.3) is 0 Å². The lowest BCUT2D eigenvalue weighted by molar-refractivity contribution is 0.0739. The summed E-state index contributed by atoms with van der Waals surface area (Å²) < 4.78 is 5.28. The molecule has 0 radical (unpaired) electrons. The highest BCUT2D eigenvalue weighted by atomic mass is 32.1. The van der Waals surface area contributed by atoms with Crippen LogP contribution in [0.15, 0.2) is 71.1 Å². The van der Waals surface area contributed by atoms with Gasteiger partial charge in [-0.2, -0.15) is 5.10 Å². The topological polar surface area (TPSA) is 67.8 Å². The molecule has 2 aromatic carbocycles. The molecule has 0 aliphatic carbocycles. The third kappa shape index (κ3) is 4.64. The number of rotatable bonds is 5. The monoisotopic (exact) mass is 364 g/mol. The van der Waals surface area contributed by atoms with Crippen LogP contribution in [0.1, 0.15) is 31.2 Å². The molecule has 1 heterocycles. The molecule has 0 aliphatic rings. The molecule has 0 bridgehead atoms. The molecule has 5 nitrogen and oxygen atoms in total. The minimum absolute atomic E-state index is 0.272. The van der Waals surface area contributed by atoms with Gasteiger partial charge in [0.1, 0.15) is 10.6 Å². The van der Waals surface area contributed by atoms with Crippen LogP contribution < -0.4 is 10.2 Å². The third-order valence-corrected chi connectivity index (χ3v) is 4.32. The van der Waals surface area contributed by atoms with Crippen LogP contribution in [-0.2, 0) is 0 Å². The van der Waals surface area contributed by atoms with Crippen LogP contribution >= 0.6 is 11.3 Å². The number of nitrogens with zero attached hydrogens (tertiary/aromatic N) is 1. The van der Waals surface area contributed by atoms with E-state index in [4.69, 9.17) is 4.74 Å². The molecule has 1 amide bonds. The van der Waals surface area contributed by atoms with Gasteiger partial charge in [0.25, 0.3) is 5.91 Å². The normalized spacial score (nSPS) is 10.7. The molecule has 1 aromatic heterocycles. The van der Waals surface area contributed by atoms with Crippen molar-refractivity contribution in [2.75, 3.05) is 0 Å². The summed E-state index contributed by atoms with van der Waals surface area (Å²) in [6.45, 7) is 1.92. The first-order valence-electron chi connectivity index (χ1n) is 7.87. The number of ether oxygens (including phenoxy) is 1. The fraction of sp³-hybridized carbons (Fsp3) is 0.0500. The number of hydrogen-bond donors (Lipinski definition) is 1. The zero-order chi connectivity index (χ0) is 18.4. The maximum atomic E-state index is 12.0. The minimum Gasteiger partial charge on any atom is -0.422 e. The molecule has 0 atom stereocenters. The largest absolute Gasteiger partial charge is 0.422 e. The summed E-state index contributed by atoms with van der Waals surface area (Å²) in [6, 6.07) is 17.6. The first kappa shape index (κ1) is 17.6. The standard InChI is InChI=1S/C20H16N2O3S/c1-14-4-2-5-16(12-14)19(23)22-21-13-15-7-9-17(10-8-15)25-20(24)18-6-3-11-26-18/h2-13H,1H3,(H,22,23). The maximum Gasteiger partial charge on any atom is 0.353 e. The van der Waals surface area contributed by atoms with Gasteiger partial charge in [0, 0.05) is 5.56 Å². The number of thiophene rings is 1. The number of aryl methyl sites for hydroxylation is 1. The summed E-state index contributed by atoms with van der Waals surface area (Å²) in [6.07, 6.45) is 1.53. The van der Waals surface area contributed by atoms with Gasteiger partial charge < -0.3 is 4.74 Å². The van der Waals surface area contributed by atoms with Crippen molar-refractivity contribution in [2.45, 2.75) is 6.92 Å². The van der Waals surface area contributed by atoms with Gasteiger partial charge in [0.05, 0.1) is 6.21 Å². The predicted octanol–water partition coefficient (Wildman–Crippen LogP) is 4.04. The molecular weight excluding hydrogens is 348 g/mol. The second-order valence-electron chi connectivity index (χ2n) is 5.50. The molecule has 130 valence electrons. The van der Waals surface area contributed by atoms with E-state index in [-0.39, 0.29) is 11.9 Å². The number of esters is 1. The molecule has 0 aliphatic heterocycles. The van der Waals surface area contributed by atoms with Crippen molar-refractivity contribution in [1.82, 2.24) is 5.43 Å². The molecule has 6 heteroatoms. The molecule has 3 aromatic rings. The van der Waals surface area contributed by atoms with Gasteiger partial charge in [-0.15, -0.1) is 11.3 Å². The Balaban J connectivity index is 1.56. The second kappa shape index (κ2) is 8.22. The highest BCUT2D eigenvalue weighted by Gasteiger charge is 2.09. The number of hydrazone groups is 1. The van der Waals surface area contributed by atoms with Crippen molar-refractivity contribution in [3.05, 3.63) is 87.6 Å². The lowest BCUT2D eigenvalue weighted by Crippen LogP contribution is -2.17. The summed E-state index contributed by atoms with van der Waals surface area (Å²) >= 11 is 1.33. The van der Waals surface area contributed by atoms with E-state index in [0.717, 1.165) is 11.1 Å². The van der Waals surface area contributed by atoms with Crippen molar-refractivity contribution in [3.63, 3.8) is 0 Å². The lowest BCUT2D eigenvalue weighted by Gasteiger charge is -2.03. The lowest BCUT2D eigenvalue weighted by atomic mass is 10.1. The molecule has 3 rings (SSSR count). The Labute approximate surface area is 154 Å². The van der Waals surface area contributed by atoms with Gasteiger partial charge in [-0.3, -0.25) is 4.79 Å². The van der Waals surface area contributed by atoms with E-state index in [0.29, 0.717) is 16.2 Å². The quantitative estimate of drug-likeness (QED) is 0.322. The van der Waals surface area contributed by atoms with E-state index >= 15 is 0 Å². The van der Waals surface area contributed by atoms with Crippen LogP contribution in [0.3, 0.4) is 0 Å².